The maximum absolute atomic E-state index is 15.6. The van der Waals surface area contributed by atoms with Crippen molar-refractivity contribution >= 4 is 74.6 Å². The largest absolute Gasteiger partial charge is 0.458 e. The molecule has 0 aliphatic carbocycles. The number of aromatic nitrogens is 5. The second-order valence-corrected chi connectivity index (χ2v) is 22.6. The maximum Gasteiger partial charge on any atom is 0.343 e. The van der Waals surface area contributed by atoms with Gasteiger partial charge in [-0.2, -0.15) is 0 Å². The number of rotatable bonds is 15. The Kier molecular flexibility index (Phi) is 14.3. The summed E-state index contributed by atoms with van der Waals surface area (Å²) in [6.07, 6.45) is 3.76. The predicted octanol–water partition coefficient (Wildman–Crippen LogP) is 7.76. The van der Waals surface area contributed by atoms with Gasteiger partial charge in [-0.15, -0.1) is 11.8 Å². The number of piperidine rings is 1. The van der Waals surface area contributed by atoms with Gasteiger partial charge in [0.2, 0.25) is 11.8 Å². The van der Waals surface area contributed by atoms with Crippen molar-refractivity contribution in [1.29, 1.82) is 0 Å². The van der Waals surface area contributed by atoms with Gasteiger partial charge in [-0.3, -0.25) is 14.4 Å². The number of aromatic amines is 1. The molecule has 1 saturated heterocycles. The zero-order valence-corrected chi connectivity index (χ0v) is 45.2. The highest BCUT2D eigenvalue weighted by atomic mass is 35.5. The number of benzene rings is 3. The Bertz CT molecular complexity index is 3660. The molecule has 2 amide bonds. The number of nitrogens with zero attached hydrogens (tertiary/aromatic N) is 5. The number of hydrogen-bond donors (Lipinski definition) is 6. The molecule has 11 rings (SSSR count). The van der Waals surface area contributed by atoms with Crippen LogP contribution in [0.2, 0.25) is 5.02 Å². The minimum atomic E-state index is -2.03. The number of nitrogens with two attached hydrogens (primary N) is 1. The number of cyclic esters (lactones) is 1. The Balaban J connectivity index is 0.757. The molecule has 0 unspecified atom stereocenters. The van der Waals surface area contributed by atoms with Crippen LogP contribution in [0.1, 0.15) is 84.9 Å². The Hall–Kier alpha value is -6.97. The first-order valence-corrected chi connectivity index (χ1v) is 27.6. The number of nitrogens with one attached hydrogen (secondary N) is 4. The summed E-state index contributed by atoms with van der Waals surface area (Å²) >= 11 is 7.88. The standard InChI is InChI=1S/C57H59ClF2N10O7S/c1-5-57(75)39-24-44-50-37(27-70(44)54(73)38(39)28-77-55(57)74)49-47-35(30(3)40(60)25-43(47)65-50)12-19-78-56(49,4)68-46(72)11-18-76-17-10-45(71)62-13-14-63-52-48(53-66-41-7-6-32(58)23-42(41)67-53)51(69-15-8-34(61)9-16-69)36(26-64-52)31-20-29(2)21-33(59)22-31/h6-7,20-26,34,75H,5,8-19,27-28,61H2,1-4H3,(H,62,71)(H,63,64)(H,66,67)(H,68,72)/t56-,57+/m1/s1. The van der Waals surface area contributed by atoms with Crippen molar-refractivity contribution in [2.24, 2.45) is 5.73 Å². The summed E-state index contributed by atoms with van der Waals surface area (Å²) in [6.45, 7) is 8.87. The van der Waals surface area contributed by atoms with Crippen molar-refractivity contribution in [2.45, 2.75) is 95.9 Å². The van der Waals surface area contributed by atoms with Crippen LogP contribution < -0.4 is 32.1 Å². The van der Waals surface area contributed by atoms with Gasteiger partial charge in [0.1, 0.15) is 34.8 Å². The monoisotopic (exact) mass is 1100 g/mol. The summed E-state index contributed by atoms with van der Waals surface area (Å²) in [6, 6.07) is 13.4. The Labute approximate surface area is 457 Å². The number of hydrogen-bond acceptors (Lipinski definition) is 14. The predicted molar refractivity (Wildman–Crippen MR) is 296 cm³/mol. The SMILES string of the molecule is CC[C@@]1(O)C(=O)OCc2c1cc1n(c2=O)Cc2c-1nc1cc(F)c(C)c3c1c2[C@](C)(NC(=O)CCOCCC(=O)NCCNc1ncc(-c2cc(C)cc(F)c2)c(N2CCC(N)CC2)c1-c1nc2ccc(Cl)cc2[nH]1)SCC3. The molecule has 406 valence electrons. The first kappa shape index (κ1) is 53.1. The zero-order valence-electron chi connectivity index (χ0n) is 43.6. The number of aliphatic hydroxyl groups is 1. The van der Waals surface area contributed by atoms with Gasteiger partial charge in [-0.1, -0.05) is 24.6 Å². The van der Waals surface area contributed by atoms with E-state index in [9.17, 15) is 28.7 Å². The van der Waals surface area contributed by atoms with Gasteiger partial charge in [-0.05, 0) is 111 Å². The number of fused-ring (bicyclic) bond motifs is 6. The number of carbonyl (C=O) groups is 3. The average molecular weight is 1100 g/mol. The Morgan fingerprint density at radius 2 is 1.78 bits per heavy atom. The lowest BCUT2D eigenvalue weighted by atomic mass is 9.85. The molecule has 78 heavy (non-hydrogen) atoms. The molecule has 0 spiro atoms. The normalized spacial score (nSPS) is 18.8. The number of esters is 1. The van der Waals surface area contributed by atoms with Crippen molar-refractivity contribution < 1.29 is 37.7 Å². The molecule has 0 bridgehead atoms. The number of aryl methyl sites for hydroxylation is 2. The molecule has 8 heterocycles. The topological polar surface area (TPSA) is 232 Å². The Morgan fingerprint density at radius 1 is 1.00 bits per heavy atom. The molecular formula is C57H59ClF2N10O7S. The fourth-order valence-electron chi connectivity index (χ4n) is 11.5. The molecule has 4 aliphatic heterocycles. The van der Waals surface area contributed by atoms with Crippen LogP contribution in [0.25, 0.3) is 55.8 Å². The van der Waals surface area contributed by atoms with Gasteiger partial charge in [0, 0.05) is 83.6 Å². The number of pyridine rings is 3. The van der Waals surface area contributed by atoms with Crippen molar-refractivity contribution in [3.05, 3.63) is 121 Å². The fraction of sp³-hybridized carbons (Fsp3) is 0.386. The number of thioether (sulfide) groups is 1. The molecule has 3 aromatic carbocycles. The van der Waals surface area contributed by atoms with E-state index in [1.54, 1.807) is 32.2 Å². The summed E-state index contributed by atoms with van der Waals surface area (Å²) in [4.78, 5) is 73.5. The smallest absolute Gasteiger partial charge is 0.343 e. The second-order valence-electron chi connectivity index (χ2n) is 20.7. The summed E-state index contributed by atoms with van der Waals surface area (Å²) in [5, 5.41) is 22.3. The van der Waals surface area contributed by atoms with Gasteiger partial charge >= 0.3 is 5.97 Å². The molecule has 17 nitrogen and oxygen atoms in total. The Morgan fingerprint density at radius 3 is 2.55 bits per heavy atom. The summed E-state index contributed by atoms with van der Waals surface area (Å²) in [5.74, 6) is -0.602. The third-order valence-corrected chi connectivity index (χ3v) is 17.1. The van der Waals surface area contributed by atoms with E-state index in [2.05, 4.69) is 25.8 Å². The fourth-order valence-corrected chi connectivity index (χ4v) is 12.9. The number of ether oxygens (including phenoxy) is 2. The van der Waals surface area contributed by atoms with E-state index in [1.165, 1.54) is 34.5 Å². The minimum absolute atomic E-state index is 0.0214. The van der Waals surface area contributed by atoms with E-state index >= 15 is 4.39 Å². The molecule has 4 aliphatic rings. The number of anilines is 2. The van der Waals surface area contributed by atoms with Crippen molar-refractivity contribution in [1.82, 2.24) is 35.1 Å². The summed E-state index contributed by atoms with van der Waals surface area (Å²) in [5.41, 5.74) is 13.2. The van der Waals surface area contributed by atoms with Crippen LogP contribution in [0.4, 0.5) is 20.3 Å². The number of halogens is 3. The molecule has 0 radical (unpaired) electrons. The number of H-pyrrole nitrogens is 1. The summed E-state index contributed by atoms with van der Waals surface area (Å²) < 4.78 is 43.3. The van der Waals surface area contributed by atoms with Crippen molar-refractivity contribution in [3.63, 3.8) is 0 Å². The van der Waals surface area contributed by atoms with Crippen LogP contribution >= 0.6 is 23.4 Å². The lowest BCUT2D eigenvalue weighted by molar-refractivity contribution is -0.172. The molecule has 7 aromatic rings. The van der Waals surface area contributed by atoms with Crippen LogP contribution in [0.5, 0.6) is 0 Å². The van der Waals surface area contributed by atoms with Gasteiger partial charge < -0.3 is 50.7 Å². The molecule has 21 heteroatoms. The number of imidazole rings is 1. The first-order valence-electron chi connectivity index (χ1n) is 26.3. The van der Waals surface area contributed by atoms with Crippen LogP contribution in [-0.4, -0.2) is 98.6 Å². The highest BCUT2D eigenvalue weighted by molar-refractivity contribution is 8.00. The lowest BCUT2D eigenvalue weighted by Gasteiger charge is -2.35. The van der Waals surface area contributed by atoms with Crippen molar-refractivity contribution in [2.75, 3.05) is 55.4 Å². The molecule has 4 aromatic heterocycles. The minimum Gasteiger partial charge on any atom is -0.458 e. The van der Waals surface area contributed by atoms with Crippen LogP contribution in [0.15, 0.2) is 59.5 Å². The highest BCUT2D eigenvalue weighted by Gasteiger charge is 2.47. The van der Waals surface area contributed by atoms with Crippen LogP contribution in [0.3, 0.4) is 0 Å². The molecular weight excluding hydrogens is 1040 g/mol. The third-order valence-electron chi connectivity index (χ3n) is 15.5. The zero-order chi connectivity index (χ0) is 54.8. The summed E-state index contributed by atoms with van der Waals surface area (Å²) in [7, 11) is 0. The van der Waals surface area contributed by atoms with Gasteiger partial charge in [0.25, 0.3) is 5.56 Å². The molecule has 7 N–H and O–H groups in total. The van der Waals surface area contributed by atoms with E-state index in [4.69, 9.17) is 41.8 Å². The third kappa shape index (κ3) is 9.64. The van der Waals surface area contributed by atoms with E-state index < -0.39 is 27.8 Å². The van der Waals surface area contributed by atoms with Crippen LogP contribution in [0, 0.1) is 25.5 Å². The van der Waals surface area contributed by atoms with Gasteiger partial charge in [0.15, 0.2) is 5.60 Å². The van der Waals surface area contributed by atoms with E-state index in [0.717, 1.165) is 40.7 Å². The maximum atomic E-state index is 15.6. The lowest BCUT2D eigenvalue weighted by Crippen LogP contribution is -2.44. The molecule has 0 saturated carbocycles. The van der Waals surface area contributed by atoms with Crippen LogP contribution in [-0.2, 0) is 53.9 Å². The molecule has 2 atom stereocenters. The average Bonchev–Trinajstić information content (AvgIpc) is 3.84. The quantitative estimate of drug-likeness (QED) is 0.0426. The number of carbonyl (C=O) groups excluding carboxylic acids is 3. The van der Waals surface area contributed by atoms with E-state index in [1.807, 2.05) is 32.0 Å². The van der Waals surface area contributed by atoms with Gasteiger partial charge in [-0.25, -0.2) is 28.5 Å². The second kappa shape index (κ2) is 21.0. The highest BCUT2D eigenvalue weighted by Crippen LogP contribution is 2.50. The van der Waals surface area contributed by atoms with E-state index in [-0.39, 0.29) is 87.0 Å². The van der Waals surface area contributed by atoms with E-state index in [0.29, 0.717) is 104 Å². The van der Waals surface area contributed by atoms with Gasteiger partial charge in [0.05, 0.1) is 70.9 Å². The molecule has 1 fully saturated rings. The van der Waals surface area contributed by atoms with Crippen molar-refractivity contribution in [3.8, 4) is 33.9 Å². The number of amides is 2. The first-order chi connectivity index (χ1) is 37.4.